The lowest BCUT2D eigenvalue weighted by molar-refractivity contribution is 0.0947. The average molecular weight is 419 g/mol. The van der Waals surface area contributed by atoms with Gasteiger partial charge in [-0.1, -0.05) is 24.3 Å². The Morgan fingerprint density at radius 1 is 1.29 bits per heavy atom. The van der Waals surface area contributed by atoms with Crippen molar-refractivity contribution in [3.8, 4) is 0 Å². The van der Waals surface area contributed by atoms with Crippen LogP contribution in [0.4, 0.5) is 5.69 Å². The molecular formula is C25H30N4O2. The third-order valence-corrected chi connectivity index (χ3v) is 6.98. The molecule has 3 aromatic rings. The highest BCUT2D eigenvalue weighted by molar-refractivity contribution is 6.04. The van der Waals surface area contributed by atoms with Gasteiger partial charge in [0.2, 0.25) is 0 Å². The molecule has 2 heterocycles. The number of methoxy groups -OCH3 is 1. The lowest BCUT2D eigenvalue weighted by atomic mass is 9.82. The van der Waals surface area contributed by atoms with E-state index < -0.39 is 0 Å². The second kappa shape index (κ2) is 7.68. The Labute approximate surface area is 183 Å². The lowest BCUT2D eigenvalue weighted by Gasteiger charge is -2.38. The van der Waals surface area contributed by atoms with E-state index in [9.17, 15) is 4.79 Å². The first-order valence-electron chi connectivity index (χ1n) is 11.1. The van der Waals surface area contributed by atoms with Crippen molar-refractivity contribution in [1.29, 1.82) is 0 Å². The van der Waals surface area contributed by atoms with E-state index in [0.717, 1.165) is 65.8 Å². The Bertz CT molecular complexity index is 1140. The highest BCUT2D eigenvalue weighted by atomic mass is 16.5. The Kier molecular flexibility index (Phi) is 4.97. The molecule has 2 aromatic carbocycles. The van der Waals surface area contributed by atoms with Crippen LogP contribution in [0.1, 0.15) is 45.7 Å². The Hall–Kier alpha value is -2.86. The third-order valence-electron chi connectivity index (χ3n) is 6.98. The molecule has 2 N–H and O–H groups in total. The van der Waals surface area contributed by atoms with Gasteiger partial charge in [-0.3, -0.25) is 4.79 Å². The summed E-state index contributed by atoms with van der Waals surface area (Å²) in [5.41, 5.74) is 7.74. The van der Waals surface area contributed by atoms with E-state index in [4.69, 9.17) is 9.72 Å². The summed E-state index contributed by atoms with van der Waals surface area (Å²) in [5.74, 6) is 0.937. The largest absolute Gasteiger partial charge is 0.385 e. The van der Waals surface area contributed by atoms with Crippen LogP contribution in [0, 0.1) is 6.92 Å². The molecule has 0 radical (unpaired) electrons. The fourth-order valence-electron chi connectivity index (χ4n) is 5.24. The predicted molar refractivity (Wildman–Crippen MR) is 123 cm³/mol. The van der Waals surface area contributed by atoms with Gasteiger partial charge in [0.25, 0.3) is 5.91 Å². The number of fused-ring (bicyclic) bond motifs is 4. The van der Waals surface area contributed by atoms with Crippen molar-refractivity contribution in [2.45, 2.75) is 44.6 Å². The zero-order chi connectivity index (χ0) is 21.6. The van der Waals surface area contributed by atoms with Gasteiger partial charge in [-0.25, -0.2) is 4.98 Å². The van der Waals surface area contributed by atoms with E-state index in [1.54, 1.807) is 7.11 Å². The molecule has 6 nitrogen and oxygen atoms in total. The van der Waals surface area contributed by atoms with E-state index in [-0.39, 0.29) is 11.4 Å². The van der Waals surface area contributed by atoms with Crippen molar-refractivity contribution in [3.63, 3.8) is 0 Å². The van der Waals surface area contributed by atoms with Gasteiger partial charge in [0.05, 0.1) is 11.2 Å². The summed E-state index contributed by atoms with van der Waals surface area (Å²) in [6.07, 6.45) is 4.72. The van der Waals surface area contributed by atoms with Crippen LogP contribution in [0.3, 0.4) is 0 Å². The van der Waals surface area contributed by atoms with E-state index in [0.29, 0.717) is 13.2 Å². The number of benzene rings is 2. The standard InChI is InChI=1S/C25H30N4O2/c1-16-27-23-21(29(16)2)13-20(24(30)26-11-6-12-31-3)19-9-10-25(28-22(19)23)14-17-7-4-5-8-18(17)15-25/h4-5,7-8,13,28H,6,9-12,14-15H2,1-3H3,(H,26,30). The maximum absolute atomic E-state index is 13.1. The molecule has 1 aromatic heterocycles. The van der Waals surface area contributed by atoms with Crippen LogP contribution in [0.15, 0.2) is 30.3 Å². The van der Waals surface area contributed by atoms with Gasteiger partial charge in [-0.2, -0.15) is 0 Å². The molecule has 1 amide bonds. The van der Waals surface area contributed by atoms with Gasteiger partial charge in [-0.05, 0) is 61.8 Å². The number of rotatable bonds is 5. The van der Waals surface area contributed by atoms with Crippen LogP contribution in [0.2, 0.25) is 0 Å². The number of amides is 1. The van der Waals surface area contributed by atoms with Gasteiger partial charge in [-0.15, -0.1) is 0 Å². The molecule has 6 heteroatoms. The quantitative estimate of drug-likeness (QED) is 0.622. The third kappa shape index (κ3) is 3.39. The number of aryl methyl sites for hydroxylation is 2. The second-order valence-electron chi connectivity index (χ2n) is 8.99. The Morgan fingerprint density at radius 2 is 2.03 bits per heavy atom. The topological polar surface area (TPSA) is 68.2 Å². The van der Waals surface area contributed by atoms with Crippen molar-refractivity contribution in [3.05, 3.63) is 58.4 Å². The molecule has 5 rings (SSSR count). The summed E-state index contributed by atoms with van der Waals surface area (Å²) in [7, 11) is 3.70. The maximum atomic E-state index is 13.1. The zero-order valence-corrected chi connectivity index (χ0v) is 18.5. The molecule has 162 valence electrons. The molecule has 1 spiro atoms. The zero-order valence-electron chi connectivity index (χ0n) is 18.5. The van der Waals surface area contributed by atoms with Gasteiger partial charge in [0.15, 0.2) is 0 Å². The molecule has 0 bridgehead atoms. The number of carbonyl (C=O) groups is 1. The van der Waals surface area contributed by atoms with Crippen LogP contribution in [-0.4, -0.2) is 41.3 Å². The van der Waals surface area contributed by atoms with E-state index in [1.165, 1.54) is 11.1 Å². The summed E-state index contributed by atoms with van der Waals surface area (Å²) in [4.78, 5) is 18.0. The molecule has 0 fully saturated rings. The highest BCUT2D eigenvalue weighted by Gasteiger charge is 2.41. The maximum Gasteiger partial charge on any atom is 0.251 e. The number of hydrogen-bond acceptors (Lipinski definition) is 4. The van der Waals surface area contributed by atoms with Crippen LogP contribution in [0.25, 0.3) is 11.0 Å². The number of carbonyl (C=O) groups excluding carboxylic acids is 1. The van der Waals surface area contributed by atoms with Crippen molar-refractivity contribution in [2.24, 2.45) is 7.05 Å². The van der Waals surface area contributed by atoms with Gasteiger partial charge in [0, 0.05) is 38.4 Å². The SMILES string of the molecule is COCCCNC(=O)c1cc2c(nc(C)n2C)c2c1CCC1(Cc3ccccc3C1)N2. The van der Waals surface area contributed by atoms with E-state index in [1.807, 2.05) is 20.0 Å². The molecular weight excluding hydrogens is 388 g/mol. The molecule has 0 unspecified atom stereocenters. The molecule has 0 saturated heterocycles. The molecule has 1 aliphatic carbocycles. The fraction of sp³-hybridized carbons (Fsp3) is 0.440. The number of aromatic nitrogens is 2. The van der Waals surface area contributed by atoms with Gasteiger partial charge >= 0.3 is 0 Å². The van der Waals surface area contributed by atoms with Crippen molar-refractivity contribution >= 4 is 22.6 Å². The number of imidazole rings is 1. The first kappa shape index (κ1) is 20.1. The molecule has 0 saturated carbocycles. The van der Waals surface area contributed by atoms with Crippen LogP contribution >= 0.6 is 0 Å². The number of ether oxygens (including phenoxy) is 1. The molecule has 0 atom stereocenters. The average Bonchev–Trinajstić information content (AvgIpc) is 3.27. The Morgan fingerprint density at radius 3 is 2.74 bits per heavy atom. The van der Waals surface area contributed by atoms with Crippen molar-refractivity contribution in [2.75, 3.05) is 25.6 Å². The van der Waals surface area contributed by atoms with Gasteiger partial charge < -0.3 is 19.9 Å². The summed E-state index contributed by atoms with van der Waals surface area (Å²) < 4.78 is 7.18. The van der Waals surface area contributed by atoms with E-state index >= 15 is 0 Å². The number of hydrogen-bond donors (Lipinski definition) is 2. The van der Waals surface area contributed by atoms with Crippen LogP contribution in [-0.2, 0) is 31.0 Å². The smallest absolute Gasteiger partial charge is 0.251 e. The van der Waals surface area contributed by atoms with Gasteiger partial charge in [0.1, 0.15) is 11.3 Å². The number of nitrogens with one attached hydrogen (secondary N) is 2. The lowest BCUT2D eigenvalue weighted by Crippen LogP contribution is -2.43. The highest BCUT2D eigenvalue weighted by Crippen LogP contribution is 2.44. The minimum atomic E-state index is -0.0134. The summed E-state index contributed by atoms with van der Waals surface area (Å²) in [5, 5.41) is 6.97. The van der Waals surface area contributed by atoms with E-state index in [2.05, 4.69) is 39.5 Å². The predicted octanol–water partition coefficient (Wildman–Crippen LogP) is 3.54. The minimum Gasteiger partial charge on any atom is -0.385 e. The molecule has 31 heavy (non-hydrogen) atoms. The Balaban J connectivity index is 1.54. The summed E-state index contributed by atoms with van der Waals surface area (Å²) in [6.45, 7) is 3.26. The summed E-state index contributed by atoms with van der Waals surface area (Å²) in [6, 6.07) is 10.8. The number of nitrogens with zero attached hydrogens (tertiary/aromatic N) is 2. The second-order valence-corrected chi connectivity index (χ2v) is 8.99. The first-order valence-corrected chi connectivity index (χ1v) is 11.1. The normalized spacial score (nSPS) is 16.2. The van der Waals surface area contributed by atoms with Crippen LogP contribution in [0.5, 0.6) is 0 Å². The number of anilines is 1. The van der Waals surface area contributed by atoms with Crippen molar-refractivity contribution in [1.82, 2.24) is 14.9 Å². The monoisotopic (exact) mass is 418 g/mol. The molecule has 2 aliphatic rings. The summed E-state index contributed by atoms with van der Waals surface area (Å²) >= 11 is 0. The fourth-order valence-corrected chi connectivity index (χ4v) is 5.24. The van der Waals surface area contributed by atoms with Crippen molar-refractivity contribution < 1.29 is 9.53 Å². The minimum absolute atomic E-state index is 0.00259. The molecule has 1 aliphatic heterocycles. The van der Waals surface area contributed by atoms with Crippen LogP contribution < -0.4 is 10.6 Å². The first-order chi connectivity index (χ1) is 15.0.